The monoisotopic (exact) mass is 288 g/mol. The van der Waals surface area contributed by atoms with Crippen LogP contribution < -0.4 is 4.31 Å². The number of hydrogen-bond donors (Lipinski definition) is 1. The van der Waals surface area contributed by atoms with Crippen molar-refractivity contribution in [1.29, 1.82) is 0 Å². The Morgan fingerprint density at radius 2 is 2.00 bits per heavy atom. The lowest BCUT2D eigenvalue weighted by atomic mass is 9.94. The molecule has 5 heteroatoms. The third-order valence-electron chi connectivity index (χ3n) is 3.57. The second-order valence-electron chi connectivity index (χ2n) is 5.38. The quantitative estimate of drug-likeness (QED) is 0.821. The summed E-state index contributed by atoms with van der Waals surface area (Å²) in [6.07, 6.45) is 3.67. The summed E-state index contributed by atoms with van der Waals surface area (Å²) < 4.78 is 24.4. The molecule has 0 amide bonds. The van der Waals surface area contributed by atoms with Gasteiger partial charge in [0, 0.05) is 22.2 Å². The Hall–Kier alpha value is -1.85. The first-order valence-corrected chi connectivity index (χ1v) is 7.28. The molecule has 1 unspecified atom stereocenters. The molecular weight excluding hydrogens is 274 g/mol. The minimum absolute atomic E-state index is 0.000255. The zero-order valence-corrected chi connectivity index (χ0v) is 12.0. The summed E-state index contributed by atoms with van der Waals surface area (Å²) in [7, 11) is 0. The van der Waals surface area contributed by atoms with Crippen molar-refractivity contribution in [3.8, 4) is 5.75 Å². The van der Waals surface area contributed by atoms with Gasteiger partial charge in [0.2, 0.25) is 0 Å². The van der Waals surface area contributed by atoms with E-state index in [2.05, 4.69) is 0 Å². The normalized spacial score (nSPS) is 18.1. The maximum atomic E-state index is 11.6. The van der Waals surface area contributed by atoms with Gasteiger partial charge in [-0.15, -0.1) is 0 Å². The number of anilines is 1. The van der Waals surface area contributed by atoms with Crippen LogP contribution in [0.25, 0.3) is 16.8 Å². The minimum Gasteiger partial charge on any atom is -0.755 e. The van der Waals surface area contributed by atoms with E-state index >= 15 is 0 Å². The van der Waals surface area contributed by atoms with E-state index in [0.717, 1.165) is 5.39 Å². The highest BCUT2D eigenvalue weighted by Crippen LogP contribution is 2.45. The Morgan fingerprint density at radius 3 is 2.70 bits per heavy atom. The first-order valence-electron chi connectivity index (χ1n) is 6.25. The molecule has 1 atom stereocenters. The maximum Gasteiger partial charge on any atom is 0.148 e. The molecule has 104 valence electrons. The molecule has 0 saturated heterocycles. The smallest absolute Gasteiger partial charge is 0.148 e. The number of benzene rings is 2. The van der Waals surface area contributed by atoms with E-state index < -0.39 is 16.8 Å². The highest BCUT2D eigenvalue weighted by Gasteiger charge is 2.33. The van der Waals surface area contributed by atoms with Crippen molar-refractivity contribution in [3.05, 3.63) is 42.0 Å². The molecule has 0 radical (unpaired) electrons. The Morgan fingerprint density at radius 1 is 1.30 bits per heavy atom. The van der Waals surface area contributed by atoms with Crippen molar-refractivity contribution in [2.75, 3.05) is 4.31 Å². The van der Waals surface area contributed by atoms with E-state index in [1.54, 1.807) is 19.9 Å². The number of rotatable bonds is 1. The van der Waals surface area contributed by atoms with Crippen molar-refractivity contribution < 1.29 is 13.9 Å². The van der Waals surface area contributed by atoms with Crippen LogP contribution in [0.5, 0.6) is 5.75 Å². The third-order valence-corrected chi connectivity index (χ3v) is 4.52. The summed E-state index contributed by atoms with van der Waals surface area (Å²) in [5, 5.41) is 12.0. The van der Waals surface area contributed by atoms with E-state index in [-0.39, 0.29) is 5.75 Å². The predicted molar refractivity (Wildman–Crippen MR) is 80.1 cm³/mol. The van der Waals surface area contributed by atoms with Gasteiger partial charge in [-0.25, -0.2) is 0 Å². The van der Waals surface area contributed by atoms with Crippen LogP contribution in [0.15, 0.2) is 36.4 Å². The zero-order chi connectivity index (χ0) is 14.5. The van der Waals surface area contributed by atoms with Crippen molar-refractivity contribution in [1.82, 2.24) is 0 Å². The molecule has 0 aromatic heterocycles. The summed E-state index contributed by atoms with van der Waals surface area (Å²) >= 11 is -2.46. The van der Waals surface area contributed by atoms with E-state index in [9.17, 15) is 13.9 Å². The number of phenolic OH excluding ortho intramolecular Hbond substituents is 1. The molecule has 1 aliphatic rings. The summed E-state index contributed by atoms with van der Waals surface area (Å²) in [6, 6.07) is 9.25. The van der Waals surface area contributed by atoms with Gasteiger partial charge in [-0.3, -0.25) is 8.51 Å². The fourth-order valence-corrected chi connectivity index (χ4v) is 3.38. The lowest BCUT2D eigenvalue weighted by Gasteiger charge is -2.42. The third kappa shape index (κ3) is 1.82. The van der Waals surface area contributed by atoms with E-state index in [0.29, 0.717) is 16.6 Å². The van der Waals surface area contributed by atoms with Gasteiger partial charge in [-0.05, 0) is 25.3 Å². The largest absolute Gasteiger partial charge is 0.755 e. The average Bonchev–Trinajstić information content (AvgIpc) is 2.39. The van der Waals surface area contributed by atoms with E-state index in [4.69, 9.17) is 0 Å². The van der Waals surface area contributed by atoms with E-state index in [1.807, 2.05) is 36.4 Å². The average molecular weight is 288 g/mol. The molecular formula is C15H14NO3S-. The van der Waals surface area contributed by atoms with Crippen molar-refractivity contribution in [3.63, 3.8) is 0 Å². The number of fused-ring (bicyclic) bond motifs is 2. The molecule has 0 bridgehead atoms. The van der Waals surface area contributed by atoms with Gasteiger partial charge in [0.05, 0.1) is 11.2 Å². The lowest BCUT2D eigenvalue weighted by Crippen LogP contribution is -2.45. The van der Waals surface area contributed by atoms with Gasteiger partial charge in [0.1, 0.15) is 5.75 Å². The Kier molecular flexibility index (Phi) is 2.84. The SMILES string of the molecule is CC1(C)C=Cc2cc3ccccc3c(O)c2N1S(=O)[O-]. The topological polar surface area (TPSA) is 63.6 Å². The fraction of sp³-hybridized carbons (Fsp3) is 0.200. The standard InChI is InChI=1S/C15H15NO3S/c1-15(2)8-7-11-9-10-5-3-4-6-12(10)14(17)13(11)16(15)20(18)19/h3-9,17H,1-2H3,(H,18,19)/p-1. The number of phenols is 1. The van der Waals surface area contributed by atoms with Gasteiger partial charge in [0.25, 0.3) is 0 Å². The summed E-state index contributed by atoms with van der Waals surface area (Å²) in [5.41, 5.74) is 0.328. The molecule has 0 aliphatic carbocycles. The van der Waals surface area contributed by atoms with Crippen LogP contribution in [-0.4, -0.2) is 19.4 Å². The zero-order valence-electron chi connectivity index (χ0n) is 11.2. The minimum atomic E-state index is -2.46. The molecule has 2 aromatic rings. The van der Waals surface area contributed by atoms with Gasteiger partial charge >= 0.3 is 0 Å². The fourth-order valence-electron chi connectivity index (χ4n) is 2.60. The van der Waals surface area contributed by atoms with Crippen LogP contribution >= 0.6 is 0 Å². The van der Waals surface area contributed by atoms with Crippen LogP contribution in [0.2, 0.25) is 0 Å². The molecule has 1 aliphatic heterocycles. The first-order chi connectivity index (χ1) is 9.42. The molecule has 3 rings (SSSR count). The second kappa shape index (κ2) is 4.33. The highest BCUT2D eigenvalue weighted by molar-refractivity contribution is 7.80. The molecule has 1 N–H and O–H groups in total. The van der Waals surface area contributed by atoms with Crippen LogP contribution in [0.1, 0.15) is 19.4 Å². The Balaban J connectivity index is 2.39. The van der Waals surface area contributed by atoms with Crippen LogP contribution in [0.3, 0.4) is 0 Å². The molecule has 2 aromatic carbocycles. The van der Waals surface area contributed by atoms with E-state index in [1.165, 1.54) is 4.31 Å². The summed E-state index contributed by atoms with van der Waals surface area (Å²) in [5.74, 6) is -0.000255. The van der Waals surface area contributed by atoms with Crippen LogP contribution in [0.4, 0.5) is 5.69 Å². The van der Waals surface area contributed by atoms with Gasteiger partial charge in [0.15, 0.2) is 0 Å². The van der Waals surface area contributed by atoms with Crippen LogP contribution in [0, 0.1) is 0 Å². The van der Waals surface area contributed by atoms with Crippen molar-refractivity contribution in [2.45, 2.75) is 19.4 Å². The first kappa shape index (κ1) is 13.1. The van der Waals surface area contributed by atoms with Crippen molar-refractivity contribution in [2.24, 2.45) is 0 Å². The Bertz CT molecular complexity index is 752. The van der Waals surface area contributed by atoms with Gasteiger partial charge < -0.3 is 9.66 Å². The highest BCUT2D eigenvalue weighted by atomic mass is 32.2. The summed E-state index contributed by atoms with van der Waals surface area (Å²) in [4.78, 5) is 0. The van der Waals surface area contributed by atoms with Gasteiger partial charge in [-0.1, -0.05) is 36.4 Å². The number of hydrogen-bond acceptors (Lipinski definition) is 3. The Labute approximate surface area is 119 Å². The lowest BCUT2D eigenvalue weighted by molar-refractivity contribution is 0.472. The number of aromatic hydroxyl groups is 1. The maximum absolute atomic E-state index is 11.6. The van der Waals surface area contributed by atoms with Crippen LogP contribution in [-0.2, 0) is 11.3 Å². The molecule has 1 heterocycles. The summed E-state index contributed by atoms with van der Waals surface area (Å²) in [6.45, 7) is 3.58. The number of nitrogens with zero attached hydrogens (tertiary/aromatic N) is 1. The molecule has 20 heavy (non-hydrogen) atoms. The second-order valence-corrected chi connectivity index (χ2v) is 6.18. The molecule has 0 saturated carbocycles. The molecule has 0 spiro atoms. The predicted octanol–water partition coefficient (Wildman–Crippen LogP) is 2.95. The van der Waals surface area contributed by atoms with Gasteiger partial charge in [-0.2, -0.15) is 0 Å². The molecule has 0 fully saturated rings. The van der Waals surface area contributed by atoms with Crippen molar-refractivity contribution >= 4 is 33.8 Å². The molecule has 4 nitrogen and oxygen atoms in total.